The van der Waals surface area contributed by atoms with Crippen LogP contribution in [0.15, 0.2) is 103 Å². The second-order valence-corrected chi connectivity index (χ2v) is 16.4. The van der Waals surface area contributed by atoms with Crippen LogP contribution in [0.1, 0.15) is 69.6 Å². The first-order valence-corrected chi connectivity index (χ1v) is 21.8. The number of esters is 1. The lowest BCUT2D eigenvalue weighted by Gasteiger charge is -2.29. The second-order valence-electron chi connectivity index (χ2n) is 16.4. The van der Waals surface area contributed by atoms with Crippen molar-refractivity contribution in [1.82, 2.24) is 0 Å². The number of benzene rings is 4. The van der Waals surface area contributed by atoms with E-state index in [0.717, 1.165) is 55.7 Å². The largest absolute Gasteiger partial charge is 0.478 e. The molecule has 4 fully saturated rings. The van der Waals surface area contributed by atoms with E-state index < -0.39 is 11.9 Å². The van der Waals surface area contributed by atoms with Crippen LogP contribution in [0.5, 0.6) is 0 Å². The maximum absolute atomic E-state index is 13.5. The van der Waals surface area contributed by atoms with E-state index in [4.69, 9.17) is 23.0 Å². The molecule has 0 spiro atoms. The average Bonchev–Trinajstić information content (AvgIpc) is 4.03. The summed E-state index contributed by atoms with van der Waals surface area (Å²) >= 11 is 0. The quantitative estimate of drug-likeness (QED) is 0.148. The number of nitrogens with zero attached hydrogens (tertiary/aromatic N) is 4. The Balaban J connectivity index is 0.000000164. The summed E-state index contributed by atoms with van der Waals surface area (Å²) in [6, 6.07) is 21.5. The summed E-state index contributed by atoms with van der Waals surface area (Å²) < 4.78 is 55.3. The molecule has 65 heavy (non-hydrogen) atoms. The van der Waals surface area contributed by atoms with Crippen LogP contribution in [0.3, 0.4) is 0 Å². The Morgan fingerprint density at radius 1 is 0.600 bits per heavy atom. The van der Waals surface area contributed by atoms with Gasteiger partial charge in [0.15, 0.2) is 22.6 Å². The highest BCUT2D eigenvalue weighted by molar-refractivity contribution is 5.96. The third-order valence-corrected chi connectivity index (χ3v) is 12.5. The molecular formula is C49H48F2N4O10. The Morgan fingerprint density at radius 2 is 1.02 bits per heavy atom. The molecule has 16 heteroatoms. The molecule has 6 aromatic rings. The van der Waals surface area contributed by atoms with Gasteiger partial charge >= 0.3 is 11.9 Å². The highest BCUT2D eigenvalue weighted by atomic mass is 19.1. The first-order chi connectivity index (χ1) is 31.6. The number of ether oxygens (including phenoxy) is 3. The normalized spacial score (nSPS) is 18.8. The molecule has 14 nitrogen and oxygen atoms in total. The Morgan fingerprint density at radius 3 is 1.43 bits per heavy atom. The van der Waals surface area contributed by atoms with Gasteiger partial charge in [0.05, 0.1) is 67.5 Å². The number of rotatable bonds is 8. The van der Waals surface area contributed by atoms with Crippen LogP contribution in [0.25, 0.3) is 21.9 Å². The number of halogens is 2. The van der Waals surface area contributed by atoms with Crippen molar-refractivity contribution < 1.29 is 46.5 Å². The van der Waals surface area contributed by atoms with Crippen LogP contribution < -0.4 is 30.5 Å². The number of carbonyl (C=O) groups is 2. The van der Waals surface area contributed by atoms with Crippen LogP contribution in [-0.2, 0) is 14.2 Å². The van der Waals surface area contributed by atoms with Crippen LogP contribution in [0.4, 0.5) is 31.9 Å². The number of fused-ring (bicyclic) bond motifs is 2. The smallest absolute Gasteiger partial charge is 0.337 e. The summed E-state index contributed by atoms with van der Waals surface area (Å²) in [7, 11) is 1.32. The molecule has 4 aliphatic heterocycles. The monoisotopic (exact) mass is 890 g/mol. The first-order valence-electron chi connectivity index (χ1n) is 21.8. The Labute approximate surface area is 372 Å². The van der Waals surface area contributed by atoms with Gasteiger partial charge in [0, 0.05) is 73.9 Å². The molecule has 0 amide bonds. The Bertz CT molecular complexity index is 2840. The summed E-state index contributed by atoms with van der Waals surface area (Å²) in [4.78, 5) is 58.6. The van der Waals surface area contributed by atoms with Gasteiger partial charge in [-0.1, -0.05) is 0 Å². The van der Waals surface area contributed by atoms with Crippen LogP contribution >= 0.6 is 0 Å². The van der Waals surface area contributed by atoms with Crippen molar-refractivity contribution in [2.45, 2.75) is 37.8 Å². The molecule has 4 aromatic carbocycles. The summed E-state index contributed by atoms with van der Waals surface area (Å²) in [6.07, 6.45) is 3.37. The predicted molar refractivity (Wildman–Crippen MR) is 241 cm³/mol. The first kappa shape index (κ1) is 43.5. The maximum atomic E-state index is 13.5. The summed E-state index contributed by atoms with van der Waals surface area (Å²) in [6.45, 7) is 6.24. The lowest BCUT2D eigenvalue weighted by Crippen LogP contribution is -2.36. The van der Waals surface area contributed by atoms with Crippen molar-refractivity contribution in [3.8, 4) is 0 Å². The van der Waals surface area contributed by atoms with Crippen molar-refractivity contribution in [3.63, 3.8) is 0 Å². The van der Waals surface area contributed by atoms with Gasteiger partial charge in [-0.05, 0) is 98.5 Å². The number of carboxylic acid groups (broad SMARTS) is 1. The van der Waals surface area contributed by atoms with E-state index in [0.29, 0.717) is 92.1 Å². The van der Waals surface area contributed by atoms with Gasteiger partial charge in [0.25, 0.3) is 0 Å². The van der Waals surface area contributed by atoms with Crippen molar-refractivity contribution >= 4 is 57.0 Å². The third kappa shape index (κ3) is 9.00. The third-order valence-electron chi connectivity index (χ3n) is 12.5. The van der Waals surface area contributed by atoms with Gasteiger partial charge in [0.2, 0.25) is 0 Å². The summed E-state index contributed by atoms with van der Waals surface area (Å²) in [5.74, 6) is -1.27. The SMILES string of the molecule is COC(=O)c1cc([C@H]2CCCN2c2ccc(F)cc2)c2oc(N3CCOCC3)cc(=O)c2c1.O=C(O)c1cc([C@H]2CCCN2c2ccc(F)cc2)c2oc(N3CCOCC3)cc(=O)c2c1. The second kappa shape index (κ2) is 18.7. The molecule has 2 aromatic heterocycles. The molecule has 4 aliphatic rings. The number of morpholine rings is 2. The van der Waals surface area contributed by atoms with Gasteiger partial charge in [0.1, 0.15) is 22.8 Å². The van der Waals surface area contributed by atoms with Crippen molar-refractivity contribution in [2.75, 3.05) is 92.4 Å². The van der Waals surface area contributed by atoms with Crippen LogP contribution in [0.2, 0.25) is 0 Å². The molecule has 0 bridgehead atoms. The lowest BCUT2D eigenvalue weighted by atomic mass is 9.98. The highest BCUT2D eigenvalue weighted by Gasteiger charge is 2.33. The van der Waals surface area contributed by atoms with E-state index in [-0.39, 0.29) is 45.5 Å². The number of methoxy groups -OCH3 is 1. The van der Waals surface area contributed by atoms with Crippen LogP contribution in [-0.4, -0.2) is 89.9 Å². The molecule has 4 saturated heterocycles. The number of carboxylic acids is 1. The van der Waals surface area contributed by atoms with Gasteiger partial charge in [-0.3, -0.25) is 9.59 Å². The zero-order valence-corrected chi connectivity index (χ0v) is 35.8. The zero-order valence-electron chi connectivity index (χ0n) is 35.8. The van der Waals surface area contributed by atoms with Gasteiger partial charge in [-0.25, -0.2) is 18.4 Å². The molecule has 1 N–H and O–H groups in total. The number of aromatic carboxylic acids is 1. The molecular weight excluding hydrogens is 843 g/mol. The topological polar surface area (TPSA) is 155 Å². The van der Waals surface area contributed by atoms with Crippen molar-refractivity contribution in [3.05, 3.63) is 139 Å². The molecule has 6 heterocycles. The lowest BCUT2D eigenvalue weighted by molar-refractivity contribution is 0.0599. The minimum atomic E-state index is -1.10. The van der Waals surface area contributed by atoms with Crippen molar-refractivity contribution in [2.24, 2.45) is 0 Å². The molecule has 2 atom stereocenters. The fourth-order valence-electron chi connectivity index (χ4n) is 9.34. The van der Waals surface area contributed by atoms with Gasteiger partial charge < -0.3 is 47.8 Å². The van der Waals surface area contributed by atoms with E-state index in [2.05, 4.69) is 9.80 Å². The predicted octanol–water partition coefficient (Wildman–Crippen LogP) is 7.71. The Kier molecular flexibility index (Phi) is 12.5. The maximum Gasteiger partial charge on any atom is 0.337 e. The van der Waals surface area contributed by atoms with Gasteiger partial charge in [-0.15, -0.1) is 0 Å². The summed E-state index contributed by atoms with van der Waals surface area (Å²) in [5.41, 5.74) is 3.87. The van der Waals surface area contributed by atoms with E-state index in [1.165, 1.54) is 55.6 Å². The standard InChI is InChI=1S/C25H25FN2O5.C24H23FN2O5/c1-31-25(30)16-13-19(21-3-2-8-28(21)18-6-4-17(26)5-7-18)24-20(14-16)22(29)15-23(33-24)27-9-11-32-12-10-27;25-16-3-5-17(6-4-16)27-7-1-2-20(27)18-12-15(24(29)30)13-19-21(28)14-22(32-23(18)19)26-8-10-31-11-9-26/h4-7,13-15,21H,2-3,8-12H2,1H3;3-6,12-14,20H,1-2,7-11H2,(H,29,30)/t21-;20-/m11/s1. The molecule has 10 rings (SSSR count). The number of anilines is 4. The minimum absolute atomic E-state index is 0.0462. The zero-order chi connectivity index (χ0) is 45.2. The van der Waals surface area contributed by atoms with Crippen LogP contribution in [0, 0.1) is 11.6 Å². The molecule has 338 valence electrons. The average molecular weight is 891 g/mol. The number of hydrogen-bond acceptors (Lipinski definition) is 13. The highest BCUT2D eigenvalue weighted by Crippen LogP contribution is 2.42. The summed E-state index contributed by atoms with van der Waals surface area (Å²) in [5, 5.41) is 10.3. The molecule has 0 aliphatic carbocycles. The minimum Gasteiger partial charge on any atom is -0.478 e. The molecule has 0 saturated carbocycles. The van der Waals surface area contributed by atoms with E-state index in [1.807, 2.05) is 9.80 Å². The van der Waals surface area contributed by atoms with E-state index in [1.54, 1.807) is 36.4 Å². The fourth-order valence-corrected chi connectivity index (χ4v) is 9.34. The van der Waals surface area contributed by atoms with E-state index >= 15 is 0 Å². The fraction of sp³-hybridized carbons (Fsp3) is 0.347. The molecule has 0 unspecified atom stereocenters. The Hall–Kier alpha value is -6.78. The van der Waals surface area contributed by atoms with Gasteiger partial charge in [-0.2, -0.15) is 0 Å². The molecule has 0 radical (unpaired) electrons. The van der Waals surface area contributed by atoms with E-state index in [9.17, 15) is 33.1 Å². The number of carbonyl (C=O) groups excluding carboxylic acids is 1. The number of hydrogen-bond donors (Lipinski definition) is 1. The van der Waals surface area contributed by atoms with Crippen molar-refractivity contribution in [1.29, 1.82) is 0 Å².